The topological polar surface area (TPSA) is 106 Å². The molecule has 2 aliphatic rings. The Morgan fingerprint density at radius 2 is 2.03 bits per heavy atom. The first-order valence-electron chi connectivity index (χ1n) is 10.1. The minimum absolute atomic E-state index is 0.0558. The number of amides is 1. The minimum atomic E-state index is -3.69. The second-order valence-corrected chi connectivity index (χ2v) is 9.05. The molecule has 3 rings (SSSR count). The molecule has 0 aromatic heterocycles. The van der Waals surface area contributed by atoms with E-state index in [1.54, 1.807) is 19.1 Å². The van der Waals surface area contributed by atoms with Crippen molar-refractivity contribution in [3.8, 4) is 0 Å². The van der Waals surface area contributed by atoms with Crippen LogP contribution in [0.3, 0.4) is 0 Å². The van der Waals surface area contributed by atoms with Crippen molar-refractivity contribution in [3.05, 3.63) is 24.3 Å². The van der Waals surface area contributed by atoms with Crippen LogP contribution in [0.5, 0.6) is 0 Å². The van der Waals surface area contributed by atoms with Gasteiger partial charge in [-0.3, -0.25) is 14.5 Å². The summed E-state index contributed by atoms with van der Waals surface area (Å²) in [4.78, 5) is 16.7. The van der Waals surface area contributed by atoms with Crippen LogP contribution in [0.15, 0.2) is 34.2 Å². The summed E-state index contributed by atoms with van der Waals surface area (Å²) >= 11 is 0. The highest BCUT2D eigenvalue weighted by Gasteiger charge is 2.21. The fourth-order valence-corrected chi connectivity index (χ4v) is 4.32. The smallest absolute Gasteiger partial charge is 0.262 e. The largest absolute Gasteiger partial charge is 0.376 e. The summed E-state index contributed by atoms with van der Waals surface area (Å²) in [7, 11) is -3.69. The average Bonchev–Trinajstić information content (AvgIpc) is 3.10. The van der Waals surface area contributed by atoms with Crippen molar-refractivity contribution in [2.24, 2.45) is 4.99 Å². The van der Waals surface area contributed by atoms with E-state index in [4.69, 9.17) is 9.47 Å². The Morgan fingerprint density at radius 1 is 1.24 bits per heavy atom. The number of rotatable bonds is 7. The zero-order chi connectivity index (χ0) is 20.7. The van der Waals surface area contributed by atoms with Crippen molar-refractivity contribution < 1.29 is 22.7 Å². The van der Waals surface area contributed by atoms with Crippen LogP contribution in [-0.4, -0.2) is 52.1 Å². The summed E-state index contributed by atoms with van der Waals surface area (Å²) < 4.78 is 38.7. The predicted octanol–water partition coefficient (Wildman–Crippen LogP) is 2.46. The van der Waals surface area contributed by atoms with Crippen LogP contribution in [0, 0.1) is 0 Å². The van der Waals surface area contributed by atoms with E-state index in [-0.39, 0.29) is 16.9 Å². The maximum atomic E-state index is 12.6. The van der Waals surface area contributed by atoms with Crippen molar-refractivity contribution >= 4 is 27.5 Å². The number of benzene rings is 1. The van der Waals surface area contributed by atoms with Crippen molar-refractivity contribution in [1.29, 1.82) is 0 Å². The van der Waals surface area contributed by atoms with Gasteiger partial charge in [-0.1, -0.05) is 6.42 Å². The van der Waals surface area contributed by atoms with Gasteiger partial charge in [0.15, 0.2) is 0 Å². The molecule has 2 atom stereocenters. The molecule has 2 unspecified atom stereocenters. The number of amidine groups is 1. The first-order chi connectivity index (χ1) is 13.9. The molecule has 29 heavy (non-hydrogen) atoms. The van der Waals surface area contributed by atoms with Gasteiger partial charge in [-0.05, 0) is 56.9 Å². The van der Waals surface area contributed by atoms with Crippen LogP contribution in [0.2, 0.25) is 0 Å². The van der Waals surface area contributed by atoms with E-state index in [0.717, 1.165) is 38.7 Å². The second kappa shape index (κ2) is 10.2. The molecule has 2 aliphatic heterocycles. The number of anilines is 1. The van der Waals surface area contributed by atoms with Crippen molar-refractivity contribution in [3.63, 3.8) is 0 Å². The number of ether oxygens (including phenoxy) is 2. The standard InChI is InChI=1S/C20H29N3O5S/c1-15(28-14-17-6-5-13-27-17)20(24)22-16-8-10-18(11-9-16)29(25,26)23-19-7-3-2-4-12-21-19/h8-11,15,17H,2-7,12-14H2,1H3,(H,21,23)(H,22,24). The third kappa shape index (κ3) is 6.52. The molecule has 8 nitrogen and oxygen atoms in total. The zero-order valence-electron chi connectivity index (χ0n) is 16.7. The Hall–Kier alpha value is -1.97. The third-order valence-corrected chi connectivity index (χ3v) is 6.38. The van der Waals surface area contributed by atoms with Crippen molar-refractivity contribution in [2.75, 3.05) is 25.1 Å². The molecule has 2 heterocycles. The van der Waals surface area contributed by atoms with Gasteiger partial charge in [-0.25, -0.2) is 8.42 Å². The number of carbonyl (C=O) groups excluding carboxylic acids is 1. The molecule has 0 aliphatic carbocycles. The van der Waals surface area contributed by atoms with E-state index in [9.17, 15) is 13.2 Å². The van der Waals surface area contributed by atoms with Gasteiger partial charge >= 0.3 is 0 Å². The second-order valence-electron chi connectivity index (χ2n) is 7.37. The predicted molar refractivity (Wildman–Crippen MR) is 111 cm³/mol. The summed E-state index contributed by atoms with van der Waals surface area (Å²) in [6, 6.07) is 6.06. The Labute approximate surface area is 172 Å². The first-order valence-corrected chi connectivity index (χ1v) is 11.6. The zero-order valence-corrected chi connectivity index (χ0v) is 17.5. The molecule has 9 heteroatoms. The third-order valence-electron chi connectivity index (χ3n) is 4.98. The van der Waals surface area contributed by atoms with Gasteiger partial charge in [0.1, 0.15) is 11.9 Å². The maximum absolute atomic E-state index is 12.6. The molecule has 0 bridgehead atoms. The lowest BCUT2D eigenvalue weighted by molar-refractivity contribution is -0.128. The molecule has 1 saturated heterocycles. The average molecular weight is 424 g/mol. The molecular weight excluding hydrogens is 394 g/mol. The highest BCUT2D eigenvalue weighted by Crippen LogP contribution is 2.17. The van der Waals surface area contributed by atoms with Crippen LogP contribution in [0.25, 0.3) is 0 Å². The summed E-state index contributed by atoms with van der Waals surface area (Å²) in [6.45, 7) is 3.46. The molecule has 1 fully saturated rings. The summed E-state index contributed by atoms with van der Waals surface area (Å²) in [6.07, 6.45) is 5.00. The van der Waals surface area contributed by atoms with Crippen LogP contribution in [-0.2, 0) is 24.3 Å². The molecule has 2 N–H and O–H groups in total. The quantitative estimate of drug-likeness (QED) is 0.701. The van der Waals surface area contributed by atoms with E-state index in [1.165, 1.54) is 12.1 Å². The van der Waals surface area contributed by atoms with Crippen LogP contribution >= 0.6 is 0 Å². The van der Waals surface area contributed by atoms with Gasteiger partial charge in [-0.15, -0.1) is 0 Å². The normalized spacial score (nSPS) is 21.1. The number of aliphatic imine (C=N–C) groups is 1. The molecule has 1 aromatic carbocycles. The van der Waals surface area contributed by atoms with E-state index in [0.29, 0.717) is 31.1 Å². The van der Waals surface area contributed by atoms with Gasteiger partial charge in [0.25, 0.3) is 15.9 Å². The Balaban J connectivity index is 1.53. The summed E-state index contributed by atoms with van der Waals surface area (Å²) in [5.41, 5.74) is 0.508. The number of hydrogen-bond donors (Lipinski definition) is 2. The van der Waals surface area contributed by atoms with Crippen molar-refractivity contribution in [2.45, 2.75) is 62.6 Å². The lowest BCUT2D eigenvalue weighted by Crippen LogP contribution is -2.31. The maximum Gasteiger partial charge on any atom is 0.262 e. The SMILES string of the molecule is CC(OCC1CCCO1)C(=O)Nc1ccc(S(=O)(=O)NC2=NCCCCC2)cc1. The van der Waals surface area contributed by atoms with E-state index < -0.39 is 16.1 Å². The molecule has 0 spiro atoms. The number of carbonyl (C=O) groups is 1. The number of sulfonamides is 1. The Morgan fingerprint density at radius 3 is 2.76 bits per heavy atom. The monoisotopic (exact) mass is 423 g/mol. The van der Waals surface area contributed by atoms with E-state index >= 15 is 0 Å². The first kappa shape index (κ1) is 21.7. The van der Waals surface area contributed by atoms with Gasteiger partial charge in [0, 0.05) is 25.3 Å². The molecule has 160 valence electrons. The number of nitrogens with zero attached hydrogens (tertiary/aromatic N) is 1. The molecule has 1 amide bonds. The lowest BCUT2D eigenvalue weighted by Gasteiger charge is -2.16. The van der Waals surface area contributed by atoms with Crippen LogP contribution < -0.4 is 10.0 Å². The molecule has 1 aromatic rings. The highest BCUT2D eigenvalue weighted by molar-refractivity contribution is 7.90. The Bertz CT molecular complexity index is 817. The fraction of sp³-hybridized carbons (Fsp3) is 0.600. The van der Waals surface area contributed by atoms with Gasteiger partial charge in [0.05, 0.1) is 17.6 Å². The van der Waals surface area contributed by atoms with Gasteiger partial charge in [-0.2, -0.15) is 0 Å². The molecule has 0 saturated carbocycles. The lowest BCUT2D eigenvalue weighted by atomic mass is 10.2. The van der Waals surface area contributed by atoms with E-state index in [2.05, 4.69) is 15.0 Å². The number of nitrogens with one attached hydrogen (secondary N) is 2. The number of hydrogen-bond acceptors (Lipinski definition) is 6. The highest BCUT2D eigenvalue weighted by atomic mass is 32.2. The molecular formula is C20H29N3O5S. The van der Waals surface area contributed by atoms with Crippen molar-refractivity contribution in [1.82, 2.24) is 4.72 Å². The fourth-order valence-electron chi connectivity index (χ4n) is 3.24. The van der Waals surface area contributed by atoms with Gasteiger partial charge in [0.2, 0.25) is 0 Å². The van der Waals surface area contributed by atoms with Crippen LogP contribution in [0.4, 0.5) is 5.69 Å². The van der Waals surface area contributed by atoms with Crippen LogP contribution in [0.1, 0.15) is 45.4 Å². The molecule has 0 radical (unpaired) electrons. The van der Waals surface area contributed by atoms with Gasteiger partial charge < -0.3 is 14.8 Å². The Kier molecular flexibility index (Phi) is 7.63. The summed E-state index contributed by atoms with van der Waals surface area (Å²) in [5, 5.41) is 2.74. The van der Waals surface area contributed by atoms with E-state index in [1.807, 2.05) is 0 Å². The summed E-state index contributed by atoms with van der Waals surface area (Å²) in [5.74, 6) is 0.224. The minimum Gasteiger partial charge on any atom is -0.376 e.